The van der Waals surface area contributed by atoms with E-state index in [9.17, 15) is 14.7 Å². The fourth-order valence-electron chi connectivity index (χ4n) is 3.44. The highest BCUT2D eigenvalue weighted by Crippen LogP contribution is 2.34. The second kappa shape index (κ2) is 7.43. The molecule has 0 unspecified atom stereocenters. The van der Waals surface area contributed by atoms with Crippen LogP contribution in [0.25, 0.3) is 11.1 Å². The summed E-state index contributed by atoms with van der Waals surface area (Å²) in [5, 5.41) is 9.58. The maximum absolute atomic E-state index is 12.5. The Morgan fingerprint density at radius 3 is 2.33 bits per heavy atom. The van der Waals surface area contributed by atoms with E-state index in [1.54, 1.807) is 20.8 Å². The van der Waals surface area contributed by atoms with Crippen LogP contribution in [-0.2, 0) is 9.53 Å². The van der Waals surface area contributed by atoms with Gasteiger partial charge in [0.2, 0.25) is 0 Å². The van der Waals surface area contributed by atoms with Crippen LogP contribution in [0.5, 0.6) is 0 Å². The molecule has 1 N–H and O–H groups in total. The van der Waals surface area contributed by atoms with Gasteiger partial charge in [-0.3, -0.25) is 4.90 Å². The van der Waals surface area contributed by atoms with E-state index in [0.29, 0.717) is 13.0 Å². The van der Waals surface area contributed by atoms with Gasteiger partial charge in [-0.15, -0.1) is 0 Å². The predicted octanol–water partition coefficient (Wildman–Crippen LogP) is 4.53. The average molecular weight is 367 g/mol. The molecule has 0 radical (unpaired) electrons. The van der Waals surface area contributed by atoms with Crippen molar-refractivity contribution in [3.63, 3.8) is 0 Å². The predicted molar refractivity (Wildman–Crippen MR) is 104 cm³/mol. The molecule has 1 heterocycles. The number of likely N-dealkylation sites (tertiary alicyclic amines) is 1. The highest BCUT2D eigenvalue weighted by atomic mass is 16.6. The van der Waals surface area contributed by atoms with Gasteiger partial charge in [-0.1, -0.05) is 54.6 Å². The lowest BCUT2D eigenvalue weighted by atomic mass is 9.93. The first-order chi connectivity index (χ1) is 12.7. The Balaban J connectivity index is 1.84. The van der Waals surface area contributed by atoms with Gasteiger partial charge in [0.25, 0.3) is 0 Å². The molecule has 1 fully saturated rings. The van der Waals surface area contributed by atoms with E-state index in [4.69, 9.17) is 4.74 Å². The van der Waals surface area contributed by atoms with Gasteiger partial charge >= 0.3 is 12.1 Å². The van der Waals surface area contributed by atoms with E-state index in [1.165, 1.54) is 4.90 Å². The van der Waals surface area contributed by atoms with E-state index in [1.807, 2.05) is 48.5 Å². The zero-order valence-electron chi connectivity index (χ0n) is 15.9. The second-order valence-corrected chi connectivity index (χ2v) is 7.91. The van der Waals surface area contributed by atoms with Gasteiger partial charge in [-0.2, -0.15) is 0 Å². The van der Waals surface area contributed by atoms with Crippen molar-refractivity contribution in [1.29, 1.82) is 0 Å². The number of benzene rings is 2. The summed E-state index contributed by atoms with van der Waals surface area (Å²) in [6.45, 7) is 5.66. The lowest BCUT2D eigenvalue weighted by Crippen LogP contribution is -2.43. The lowest BCUT2D eigenvalue weighted by molar-refractivity contribution is -0.142. The number of carboxylic acid groups (broad SMARTS) is 1. The summed E-state index contributed by atoms with van der Waals surface area (Å²) in [7, 11) is 0. The monoisotopic (exact) mass is 367 g/mol. The van der Waals surface area contributed by atoms with Crippen molar-refractivity contribution in [2.75, 3.05) is 6.54 Å². The van der Waals surface area contributed by atoms with E-state index in [-0.39, 0.29) is 5.92 Å². The number of nitrogens with zero attached hydrogens (tertiary/aromatic N) is 1. The van der Waals surface area contributed by atoms with Gasteiger partial charge in [-0.25, -0.2) is 9.59 Å². The topological polar surface area (TPSA) is 66.8 Å². The summed E-state index contributed by atoms with van der Waals surface area (Å²) < 4.78 is 5.40. The highest BCUT2D eigenvalue weighted by Gasteiger charge is 2.42. The molecule has 5 nitrogen and oxygen atoms in total. The number of carbonyl (C=O) groups excluding carboxylic acids is 1. The van der Waals surface area contributed by atoms with Crippen molar-refractivity contribution < 1.29 is 19.4 Å². The van der Waals surface area contributed by atoms with Crippen LogP contribution in [0.1, 0.15) is 38.7 Å². The fraction of sp³-hybridized carbons (Fsp3) is 0.364. The second-order valence-electron chi connectivity index (χ2n) is 7.91. The number of amides is 1. The average Bonchev–Trinajstić information content (AvgIpc) is 3.07. The van der Waals surface area contributed by atoms with Gasteiger partial charge < -0.3 is 9.84 Å². The maximum atomic E-state index is 12.5. The summed E-state index contributed by atoms with van der Waals surface area (Å²) in [5.41, 5.74) is 2.56. The summed E-state index contributed by atoms with van der Waals surface area (Å²) >= 11 is 0. The molecule has 2 atom stereocenters. The first kappa shape index (κ1) is 19.0. The summed E-state index contributed by atoms with van der Waals surface area (Å²) in [6, 6.07) is 17.3. The zero-order valence-corrected chi connectivity index (χ0v) is 15.9. The molecule has 27 heavy (non-hydrogen) atoms. The third kappa shape index (κ3) is 4.48. The molecule has 1 aliphatic rings. The van der Waals surface area contributed by atoms with Crippen molar-refractivity contribution in [3.8, 4) is 11.1 Å². The van der Waals surface area contributed by atoms with Crippen molar-refractivity contribution in [3.05, 3.63) is 60.2 Å². The third-order valence-corrected chi connectivity index (χ3v) is 4.68. The van der Waals surface area contributed by atoms with Crippen LogP contribution in [0.4, 0.5) is 4.79 Å². The van der Waals surface area contributed by atoms with Gasteiger partial charge in [-0.05, 0) is 43.9 Å². The quantitative estimate of drug-likeness (QED) is 0.865. The Labute approximate surface area is 159 Å². The fourth-order valence-corrected chi connectivity index (χ4v) is 3.44. The molecular weight excluding hydrogens is 342 g/mol. The number of carbonyl (C=O) groups is 2. The van der Waals surface area contributed by atoms with Gasteiger partial charge in [0.15, 0.2) is 0 Å². The van der Waals surface area contributed by atoms with Crippen LogP contribution in [0.3, 0.4) is 0 Å². The minimum Gasteiger partial charge on any atom is -0.480 e. The molecule has 0 saturated carbocycles. The first-order valence-corrected chi connectivity index (χ1v) is 9.12. The van der Waals surface area contributed by atoms with Crippen molar-refractivity contribution >= 4 is 12.1 Å². The van der Waals surface area contributed by atoms with Crippen molar-refractivity contribution in [2.24, 2.45) is 0 Å². The zero-order chi connectivity index (χ0) is 19.6. The summed E-state index contributed by atoms with van der Waals surface area (Å²) in [5.74, 6) is -1.04. The van der Waals surface area contributed by atoms with E-state index >= 15 is 0 Å². The summed E-state index contributed by atoms with van der Waals surface area (Å²) in [6.07, 6.45) is -0.191. The van der Waals surface area contributed by atoms with E-state index < -0.39 is 23.7 Å². The maximum Gasteiger partial charge on any atom is 0.411 e. The lowest BCUT2D eigenvalue weighted by Gasteiger charge is -2.26. The Bertz CT molecular complexity index is 826. The Kier molecular flexibility index (Phi) is 5.22. The minimum absolute atomic E-state index is 0.0396. The highest BCUT2D eigenvalue weighted by molar-refractivity contribution is 5.81. The molecule has 2 aromatic carbocycles. The molecular formula is C22H25NO4. The molecule has 0 aliphatic carbocycles. The normalized spacial score (nSPS) is 19.7. The molecule has 1 amide bonds. The number of rotatable bonds is 3. The van der Waals surface area contributed by atoms with Crippen molar-refractivity contribution in [2.45, 2.75) is 44.8 Å². The van der Waals surface area contributed by atoms with Gasteiger partial charge in [0.05, 0.1) is 0 Å². The Morgan fingerprint density at radius 2 is 1.70 bits per heavy atom. The Morgan fingerprint density at radius 1 is 1.04 bits per heavy atom. The SMILES string of the molecule is CC(C)(C)OC(=O)N1C[C@@H](c2cccc(-c3ccccc3)c2)C[C@@H]1C(=O)O. The van der Waals surface area contributed by atoms with E-state index in [0.717, 1.165) is 16.7 Å². The smallest absolute Gasteiger partial charge is 0.411 e. The van der Waals surface area contributed by atoms with Crippen LogP contribution in [-0.4, -0.2) is 40.3 Å². The molecule has 1 aliphatic heterocycles. The summed E-state index contributed by atoms with van der Waals surface area (Å²) in [4.78, 5) is 25.5. The largest absolute Gasteiger partial charge is 0.480 e. The number of ether oxygens (including phenoxy) is 1. The number of carboxylic acids is 1. The Hall–Kier alpha value is -2.82. The molecule has 5 heteroatoms. The molecule has 3 rings (SSSR count). The molecule has 0 aromatic heterocycles. The minimum atomic E-state index is -0.998. The third-order valence-electron chi connectivity index (χ3n) is 4.68. The molecule has 142 valence electrons. The molecule has 2 aromatic rings. The number of aliphatic carboxylic acids is 1. The number of hydrogen-bond acceptors (Lipinski definition) is 3. The molecule has 0 bridgehead atoms. The van der Waals surface area contributed by atoms with Gasteiger partial charge in [0.1, 0.15) is 11.6 Å². The molecule has 0 spiro atoms. The van der Waals surface area contributed by atoms with E-state index in [2.05, 4.69) is 6.07 Å². The van der Waals surface area contributed by atoms with Crippen LogP contribution < -0.4 is 0 Å². The van der Waals surface area contributed by atoms with Crippen molar-refractivity contribution in [1.82, 2.24) is 4.90 Å². The first-order valence-electron chi connectivity index (χ1n) is 9.12. The van der Waals surface area contributed by atoms with Crippen LogP contribution in [0, 0.1) is 0 Å². The van der Waals surface area contributed by atoms with Crippen LogP contribution in [0.2, 0.25) is 0 Å². The van der Waals surface area contributed by atoms with Crippen LogP contribution >= 0.6 is 0 Å². The number of hydrogen-bond donors (Lipinski definition) is 1. The van der Waals surface area contributed by atoms with Gasteiger partial charge in [0, 0.05) is 12.5 Å². The van der Waals surface area contributed by atoms with Crippen LogP contribution in [0.15, 0.2) is 54.6 Å². The molecule has 1 saturated heterocycles. The standard InChI is InChI=1S/C22H25NO4/c1-22(2,3)27-21(26)23-14-18(13-19(23)20(24)25)17-11-7-10-16(12-17)15-8-5-4-6-9-15/h4-12,18-19H,13-14H2,1-3H3,(H,24,25)/t18-,19+/m0/s1.